The van der Waals surface area contributed by atoms with Crippen LogP contribution >= 0.6 is 0 Å². The molecule has 1 aromatic rings. The maximum Gasteiger partial charge on any atom is 0.244 e. The van der Waals surface area contributed by atoms with Crippen LogP contribution in [0.25, 0.3) is 6.08 Å². The Kier molecular flexibility index (Phi) is 5.65. The number of carbonyl (C=O) groups excluding carboxylic acids is 1. The number of hydrogen-bond acceptors (Lipinski definition) is 4. The standard InChI is InChI=1S/C21H29N3O2/c25-21(4-3-16-2-1-8-22-12-16)23-9-5-18-19-14-24(15-20(18)19)13-17-6-10-26-11-7-17/h1-4,8,12,17-20H,5-7,9-11,13-15H2,(H,23,25)/b4-3+. The fourth-order valence-electron chi connectivity index (χ4n) is 4.68. The number of nitrogens with zero attached hydrogens (tertiary/aromatic N) is 2. The molecule has 3 fully saturated rings. The van der Waals surface area contributed by atoms with Crippen LogP contribution in [-0.2, 0) is 9.53 Å². The predicted octanol–water partition coefficient (Wildman–Crippen LogP) is 2.21. The Hall–Kier alpha value is -1.72. The van der Waals surface area contributed by atoms with Crippen LogP contribution < -0.4 is 5.32 Å². The molecule has 0 bridgehead atoms. The van der Waals surface area contributed by atoms with Gasteiger partial charge in [-0.1, -0.05) is 6.07 Å². The van der Waals surface area contributed by atoms with Gasteiger partial charge < -0.3 is 15.0 Å². The Morgan fingerprint density at radius 1 is 1.31 bits per heavy atom. The van der Waals surface area contributed by atoms with Crippen molar-refractivity contribution in [3.63, 3.8) is 0 Å². The molecular formula is C21H29N3O2. The lowest BCUT2D eigenvalue weighted by molar-refractivity contribution is -0.116. The van der Waals surface area contributed by atoms with Crippen molar-refractivity contribution in [2.24, 2.45) is 23.7 Å². The molecule has 2 aliphatic heterocycles. The number of pyridine rings is 1. The summed E-state index contributed by atoms with van der Waals surface area (Å²) in [7, 11) is 0. The molecule has 3 heterocycles. The first kappa shape index (κ1) is 17.7. The monoisotopic (exact) mass is 355 g/mol. The molecule has 0 radical (unpaired) electrons. The molecule has 140 valence electrons. The Labute approximate surface area is 155 Å². The maximum absolute atomic E-state index is 11.9. The third kappa shape index (κ3) is 4.51. The minimum atomic E-state index is -0.0131. The maximum atomic E-state index is 11.9. The fourth-order valence-corrected chi connectivity index (χ4v) is 4.68. The lowest BCUT2D eigenvalue weighted by atomic mass is 9.99. The number of rotatable bonds is 7. The Morgan fingerprint density at radius 3 is 2.85 bits per heavy atom. The highest BCUT2D eigenvalue weighted by atomic mass is 16.5. The van der Waals surface area contributed by atoms with Gasteiger partial charge in [-0.3, -0.25) is 9.78 Å². The normalized spacial score (nSPS) is 29.0. The van der Waals surface area contributed by atoms with Gasteiger partial charge in [-0.05, 0) is 60.6 Å². The summed E-state index contributed by atoms with van der Waals surface area (Å²) in [6.45, 7) is 6.47. The molecule has 4 rings (SSSR count). The Balaban J connectivity index is 1.10. The number of hydrogen-bond donors (Lipinski definition) is 1. The van der Waals surface area contributed by atoms with Gasteiger partial charge in [0.2, 0.25) is 5.91 Å². The minimum absolute atomic E-state index is 0.0131. The van der Waals surface area contributed by atoms with Gasteiger partial charge >= 0.3 is 0 Å². The summed E-state index contributed by atoms with van der Waals surface area (Å²) in [5, 5.41) is 3.02. The van der Waals surface area contributed by atoms with Crippen LogP contribution in [0.4, 0.5) is 0 Å². The lowest BCUT2D eigenvalue weighted by Gasteiger charge is -2.28. The number of amides is 1. The van der Waals surface area contributed by atoms with Gasteiger partial charge in [0.15, 0.2) is 0 Å². The quantitative estimate of drug-likeness (QED) is 0.762. The van der Waals surface area contributed by atoms with Gasteiger partial charge in [0.1, 0.15) is 0 Å². The van der Waals surface area contributed by atoms with E-state index in [9.17, 15) is 4.79 Å². The molecule has 5 heteroatoms. The van der Waals surface area contributed by atoms with Gasteiger partial charge in [0, 0.05) is 57.9 Å². The van der Waals surface area contributed by atoms with Crippen molar-refractivity contribution < 1.29 is 9.53 Å². The second-order valence-corrected chi connectivity index (χ2v) is 7.97. The molecule has 1 saturated carbocycles. The van der Waals surface area contributed by atoms with E-state index in [0.717, 1.165) is 55.4 Å². The summed E-state index contributed by atoms with van der Waals surface area (Å²) < 4.78 is 5.46. The number of piperidine rings is 1. The summed E-state index contributed by atoms with van der Waals surface area (Å²) >= 11 is 0. The number of fused-ring (bicyclic) bond motifs is 1. The smallest absolute Gasteiger partial charge is 0.244 e. The zero-order valence-corrected chi connectivity index (χ0v) is 15.3. The fraction of sp³-hybridized carbons (Fsp3) is 0.619. The largest absolute Gasteiger partial charge is 0.381 e. The van der Waals surface area contributed by atoms with E-state index in [1.54, 1.807) is 18.5 Å². The molecule has 2 atom stereocenters. The number of aromatic nitrogens is 1. The molecule has 0 spiro atoms. The average Bonchev–Trinajstić information content (AvgIpc) is 3.12. The highest BCUT2D eigenvalue weighted by Crippen LogP contribution is 2.53. The molecule has 1 N–H and O–H groups in total. The van der Waals surface area contributed by atoms with Crippen LogP contribution in [-0.4, -0.2) is 55.2 Å². The second-order valence-electron chi connectivity index (χ2n) is 7.97. The summed E-state index contributed by atoms with van der Waals surface area (Å²) in [5.74, 6) is 3.39. The van der Waals surface area contributed by atoms with E-state index in [1.165, 1.54) is 32.5 Å². The Bertz CT molecular complexity index is 615. The van der Waals surface area contributed by atoms with E-state index in [-0.39, 0.29) is 5.91 Å². The molecule has 5 nitrogen and oxygen atoms in total. The molecule has 0 aromatic carbocycles. The van der Waals surface area contributed by atoms with Crippen LogP contribution in [0.2, 0.25) is 0 Å². The van der Waals surface area contributed by atoms with Crippen molar-refractivity contribution in [3.05, 3.63) is 36.2 Å². The van der Waals surface area contributed by atoms with Gasteiger partial charge in [-0.25, -0.2) is 0 Å². The van der Waals surface area contributed by atoms with Crippen molar-refractivity contribution in [1.29, 1.82) is 0 Å². The highest BCUT2D eigenvalue weighted by Gasteiger charge is 2.54. The number of nitrogens with one attached hydrogen (secondary N) is 1. The molecule has 1 amide bonds. The lowest BCUT2D eigenvalue weighted by Crippen LogP contribution is -2.33. The molecular weight excluding hydrogens is 326 g/mol. The average molecular weight is 355 g/mol. The zero-order valence-electron chi connectivity index (χ0n) is 15.3. The van der Waals surface area contributed by atoms with Gasteiger partial charge in [-0.15, -0.1) is 0 Å². The highest BCUT2D eigenvalue weighted by molar-refractivity contribution is 5.91. The number of ether oxygens (including phenoxy) is 1. The Morgan fingerprint density at radius 2 is 2.12 bits per heavy atom. The van der Waals surface area contributed by atoms with E-state index in [2.05, 4.69) is 15.2 Å². The first-order valence-corrected chi connectivity index (χ1v) is 9.95. The summed E-state index contributed by atoms with van der Waals surface area (Å²) in [6.07, 6.45) is 10.5. The van der Waals surface area contributed by atoms with Crippen LogP contribution in [0.1, 0.15) is 24.8 Å². The molecule has 3 aliphatic rings. The number of likely N-dealkylation sites (tertiary alicyclic amines) is 1. The van der Waals surface area contributed by atoms with Crippen LogP contribution in [0.15, 0.2) is 30.6 Å². The van der Waals surface area contributed by atoms with E-state index >= 15 is 0 Å². The van der Waals surface area contributed by atoms with Crippen molar-refractivity contribution in [2.45, 2.75) is 19.3 Å². The van der Waals surface area contributed by atoms with E-state index in [4.69, 9.17) is 4.74 Å². The topological polar surface area (TPSA) is 54.5 Å². The molecule has 1 aromatic heterocycles. The predicted molar refractivity (Wildman–Crippen MR) is 101 cm³/mol. The molecule has 1 aliphatic carbocycles. The van der Waals surface area contributed by atoms with Crippen LogP contribution in [0.3, 0.4) is 0 Å². The second kappa shape index (κ2) is 8.31. The summed E-state index contributed by atoms with van der Waals surface area (Å²) in [6, 6.07) is 3.81. The molecule has 2 unspecified atom stereocenters. The van der Waals surface area contributed by atoms with E-state index < -0.39 is 0 Å². The SMILES string of the molecule is O=C(/C=C/c1cccnc1)NCCC1C2CN(CC3CCOCC3)CC12. The van der Waals surface area contributed by atoms with Crippen LogP contribution in [0.5, 0.6) is 0 Å². The van der Waals surface area contributed by atoms with Gasteiger partial charge in [-0.2, -0.15) is 0 Å². The minimum Gasteiger partial charge on any atom is -0.381 e. The third-order valence-electron chi connectivity index (χ3n) is 6.19. The van der Waals surface area contributed by atoms with Gasteiger partial charge in [0.25, 0.3) is 0 Å². The first-order valence-electron chi connectivity index (χ1n) is 9.95. The summed E-state index contributed by atoms with van der Waals surface area (Å²) in [5.41, 5.74) is 0.948. The van der Waals surface area contributed by atoms with Crippen LogP contribution in [0, 0.1) is 23.7 Å². The first-order chi connectivity index (χ1) is 12.8. The van der Waals surface area contributed by atoms with E-state index in [1.807, 2.05) is 18.2 Å². The van der Waals surface area contributed by atoms with Gasteiger partial charge in [0.05, 0.1) is 0 Å². The summed E-state index contributed by atoms with van der Waals surface area (Å²) in [4.78, 5) is 18.6. The van der Waals surface area contributed by atoms with Crippen molar-refractivity contribution in [3.8, 4) is 0 Å². The van der Waals surface area contributed by atoms with Crippen molar-refractivity contribution in [2.75, 3.05) is 39.4 Å². The van der Waals surface area contributed by atoms with Crippen molar-refractivity contribution >= 4 is 12.0 Å². The number of carbonyl (C=O) groups is 1. The zero-order chi connectivity index (χ0) is 17.8. The molecule has 2 saturated heterocycles. The molecule has 26 heavy (non-hydrogen) atoms. The van der Waals surface area contributed by atoms with E-state index in [0.29, 0.717) is 0 Å². The van der Waals surface area contributed by atoms with Crippen molar-refractivity contribution in [1.82, 2.24) is 15.2 Å². The third-order valence-corrected chi connectivity index (χ3v) is 6.19.